The Morgan fingerprint density at radius 1 is 1.26 bits per heavy atom. The van der Waals surface area contributed by atoms with Crippen LogP contribution in [0.5, 0.6) is 11.5 Å². The van der Waals surface area contributed by atoms with E-state index in [2.05, 4.69) is 10.5 Å². The number of para-hydroxylation sites is 2. The van der Waals surface area contributed by atoms with Crippen molar-refractivity contribution in [1.29, 1.82) is 0 Å². The van der Waals surface area contributed by atoms with E-state index in [1.165, 1.54) is 7.11 Å². The summed E-state index contributed by atoms with van der Waals surface area (Å²) in [6, 6.07) is 8.75. The molecule has 8 nitrogen and oxygen atoms in total. The Hall–Kier alpha value is -3.29. The monoisotopic (exact) mass is 374 g/mol. The maximum absolute atomic E-state index is 11.9. The van der Waals surface area contributed by atoms with Crippen molar-refractivity contribution < 1.29 is 28.6 Å². The second-order valence-corrected chi connectivity index (χ2v) is 5.75. The van der Waals surface area contributed by atoms with Crippen LogP contribution in [0.25, 0.3) is 0 Å². The molecule has 1 amide bonds. The van der Waals surface area contributed by atoms with E-state index < -0.39 is 11.9 Å². The summed E-state index contributed by atoms with van der Waals surface area (Å²) in [5.74, 6) is 0.852. The van der Waals surface area contributed by atoms with E-state index in [1.807, 2.05) is 0 Å². The van der Waals surface area contributed by atoms with Gasteiger partial charge in [-0.1, -0.05) is 12.1 Å². The van der Waals surface area contributed by atoms with Crippen LogP contribution in [0.3, 0.4) is 0 Å². The van der Waals surface area contributed by atoms with Crippen LogP contribution in [0.1, 0.15) is 30.4 Å². The number of hydrogen-bond donors (Lipinski definition) is 2. The summed E-state index contributed by atoms with van der Waals surface area (Å²) >= 11 is 0. The third kappa shape index (κ3) is 5.88. The summed E-state index contributed by atoms with van der Waals surface area (Å²) < 4.78 is 16.1. The zero-order chi connectivity index (χ0) is 19.8. The number of ether oxygens (including phenoxy) is 2. The molecule has 0 radical (unpaired) electrons. The SMILES string of the molecule is COc1ccccc1OCC(=O)N/N=C(/C)c1cc(CCC(=O)O)oc1C. The smallest absolute Gasteiger partial charge is 0.303 e. The number of methoxy groups -OCH3 is 1. The predicted octanol–water partition coefficient (Wildman–Crippen LogP) is 2.53. The molecule has 8 heteroatoms. The van der Waals surface area contributed by atoms with Gasteiger partial charge in [0, 0.05) is 12.0 Å². The topological polar surface area (TPSA) is 110 Å². The molecular weight excluding hydrogens is 352 g/mol. The number of carboxylic acid groups (broad SMARTS) is 1. The van der Waals surface area contributed by atoms with Crippen molar-refractivity contribution >= 4 is 17.6 Å². The van der Waals surface area contributed by atoms with E-state index >= 15 is 0 Å². The summed E-state index contributed by atoms with van der Waals surface area (Å²) in [7, 11) is 1.52. The van der Waals surface area contributed by atoms with Gasteiger partial charge >= 0.3 is 5.97 Å². The molecule has 0 aliphatic carbocycles. The highest BCUT2D eigenvalue weighted by Crippen LogP contribution is 2.25. The molecule has 0 spiro atoms. The Morgan fingerprint density at radius 2 is 1.96 bits per heavy atom. The summed E-state index contributed by atoms with van der Waals surface area (Å²) in [5, 5.41) is 12.8. The zero-order valence-electron chi connectivity index (χ0n) is 15.4. The number of hydrazone groups is 1. The molecule has 0 bridgehead atoms. The first kappa shape index (κ1) is 20.0. The van der Waals surface area contributed by atoms with E-state index in [9.17, 15) is 9.59 Å². The van der Waals surface area contributed by atoms with Gasteiger partial charge < -0.3 is 19.0 Å². The predicted molar refractivity (Wildman–Crippen MR) is 98.2 cm³/mol. The normalized spacial score (nSPS) is 11.1. The Morgan fingerprint density at radius 3 is 2.63 bits per heavy atom. The number of rotatable bonds is 9. The number of aliphatic carboxylic acids is 1. The fourth-order valence-electron chi connectivity index (χ4n) is 2.38. The molecule has 27 heavy (non-hydrogen) atoms. The molecule has 0 saturated carbocycles. The van der Waals surface area contributed by atoms with Gasteiger partial charge in [-0.2, -0.15) is 5.10 Å². The highest BCUT2D eigenvalue weighted by molar-refractivity contribution is 6.00. The van der Waals surface area contributed by atoms with Gasteiger partial charge in [0.2, 0.25) is 0 Å². The molecule has 0 unspecified atom stereocenters. The largest absolute Gasteiger partial charge is 0.493 e. The van der Waals surface area contributed by atoms with E-state index in [-0.39, 0.29) is 13.0 Å². The molecule has 0 atom stereocenters. The number of nitrogens with one attached hydrogen (secondary N) is 1. The lowest BCUT2D eigenvalue weighted by Crippen LogP contribution is -2.25. The Kier molecular flexibility index (Phi) is 6.99. The summed E-state index contributed by atoms with van der Waals surface area (Å²) in [5.41, 5.74) is 3.68. The van der Waals surface area contributed by atoms with Gasteiger partial charge in [0.1, 0.15) is 11.5 Å². The molecular formula is C19H22N2O6. The van der Waals surface area contributed by atoms with Crippen molar-refractivity contribution in [2.24, 2.45) is 5.10 Å². The van der Waals surface area contributed by atoms with Crippen molar-refractivity contribution in [3.63, 3.8) is 0 Å². The van der Waals surface area contributed by atoms with Crippen LogP contribution in [0, 0.1) is 6.92 Å². The first-order valence-electron chi connectivity index (χ1n) is 8.31. The van der Waals surface area contributed by atoms with Crippen molar-refractivity contribution in [3.8, 4) is 11.5 Å². The Balaban J connectivity index is 1.92. The minimum absolute atomic E-state index is 0.0143. The van der Waals surface area contributed by atoms with Crippen molar-refractivity contribution in [2.45, 2.75) is 26.7 Å². The fourth-order valence-corrected chi connectivity index (χ4v) is 2.38. The standard InChI is InChI=1S/C19H22N2O6/c1-12(15-10-14(27-13(15)2)8-9-19(23)24)20-21-18(22)11-26-17-7-5-4-6-16(17)25-3/h4-7,10H,8-9,11H2,1-3H3,(H,21,22)(H,23,24)/b20-12-. The molecule has 0 saturated heterocycles. The molecule has 2 rings (SSSR count). The van der Waals surface area contributed by atoms with Gasteiger partial charge in [-0.3, -0.25) is 9.59 Å². The van der Waals surface area contributed by atoms with Gasteiger partial charge in [0.25, 0.3) is 5.91 Å². The number of hydrogen-bond acceptors (Lipinski definition) is 6. The summed E-state index contributed by atoms with van der Waals surface area (Å²) in [4.78, 5) is 22.6. The third-order valence-corrected chi connectivity index (χ3v) is 3.72. The van der Waals surface area contributed by atoms with Gasteiger partial charge in [-0.15, -0.1) is 0 Å². The molecule has 1 aromatic carbocycles. The summed E-state index contributed by atoms with van der Waals surface area (Å²) in [6.07, 6.45) is 0.280. The quantitative estimate of drug-likeness (QED) is 0.515. The number of carboxylic acids is 1. The molecule has 0 fully saturated rings. The third-order valence-electron chi connectivity index (χ3n) is 3.72. The maximum Gasteiger partial charge on any atom is 0.303 e. The van der Waals surface area contributed by atoms with Crippen LogP contribution in [0.2, 0.25) is 0 Å². The van der Waals surface area contributed by atoms with E-state index in [0.717, 1.165) is 0 Å². The van der Waals surface area contributed by atoms with Crippen molar-refractivity contribution in [3.05, 3.63) is 47.4 Å². The van der Waals surface area contributed by atoms with Gasteiger partial charge in [0.15, 0.2) is 18.1 Å². The molecule has 2 aromatic rings. The van der Waals surface area contributed by atoms with E-state index in [1.54, 1.807) is 44.2 Å². The second kappa shape index (κ2) is 9.42. The Bertz CT molecular complexity index is 840. The van der Waals surface area contributed by atoms with Crippen LogP contribution < -0.4 is 14.9 Å². The van der Waals surface area contributed by atoms with Crippen molar-refractivity contribution in [2.75, 3.05) is 13.7 Å². The molecule has 144 valence electrons. The lowest BCUT2D eigenvalue weighted by atomic mass is 10.1. The number of furan rings is 1. The van der Waals surface area contributed by atoms with Gasteiger partial charge in [-0.25, -0.2) is 5.43 Å². The van der Waals surface area contributed by atoms with Crippen LogP contribution >= 0.6 is 0 Å². The Labute approximate surface area is 156 Å². The molecule has 0 aliphatic rings. The fraction of sp³-hybridized carbons (Fsp3) is 0.316. The minimum Gasteiger partial charge on any atom is -0.493 e. The number of aryl methyl sites for hydroxylation is 2. The number of carbonyl (C=O) groups excluding carboxylic acids is 1. The summed E-state index contributed by atoms with van der Waals surface area (Å²) in [6.45, 7) is 3.26. The van der Waals surface area contributed by atoms with Crippen LogP contribution in [-0.4, -0.2) is 36.4 Å². The second-order valence-electron chi connectivity index (χ2n) is 5.75. The van der Waals surface area contributed by atoms with Crippen molar-refractivity contribution in [1.82, 2.24) is 5.43 Å². The maximum atomic E-state index is 11.9. The molecule has 1 aromatic heterocycles. The zero-order valence-corrected chi connectivity index (χ0v) is 15.4. The van der Waals surface area contributed by atoms with Gasteiger partial charge in [-0.05, 0) is 32.0 Å². The molecule has 2 N–H and O–H groups in total. The average molecular weight is 374 g/mol. The lowest BCUT2D eigenvalue weighted by molar-refractivity contribution is -0.137. The first-order chi connectivity index (χ1) is 12.9. The highest BCUT2D eigenvalue weighted by atomic mass is 16.5. The number of carbonyl (C=O) groups is 2. The number of benzene rings is 1. The van der Waals surface area contributed by atoms with E-state index in [4.69, 9.17) is 19.0 Å². The van der Waals surface area contributed by atoms with Crippen LogP contribution in [0.15, 0.2) is 39.9 Å². The van der Waals surface area contributed by atoms with Crippen LogP contribution in [-0.2, 0) is 16.0 Å². The average Bonchev–Trinajstić information content (AvgIpc) is 3.03. The number of nitrogens with zero attached hydrogens (tertiary/aromatic N) is 1. The molecule has 0 aliphatic heterocycles. The number of amides is 1. The van der Waals surface area contributed by atoms with Gasteiger partial charge in [0.05, 0.1) is 19.2 Å². The first-order valence-corrected chi connectivity index (χ1v) is 8.31. The van der Waals surface area contributed by atoms with Crippen LogP contribution in [0.4, 0.5) is 0 Å². The lowest BCUT2D eigenvalue weighted by Gasteiger charge is -2.09. The molecule has 1 heterocycles. The van der Waals surface area contributed by atoms with E-state index in [0.29, 0.717) is 40.7 Å². The minimum atomic E-state index is -0.890. The highest BCUT2D eigenvalue weighted by Gasteiger charge is 2.12.